The van der Waals surface area contributed by atoms with Crippen LogP contribution in [0, 0.1) is 6.92 Å². The Labute approximate surface area is 161 Å². The number of rotatable bonds is 6. The van der Waals surface area contributed by atoms with Crippen LogP contribution in [0.5, 0.6) is 0 Å². The Bertz CT molecular complexity index is 879. The number of carbonyl (C=O) groups is 1. The van der Waals surface area contributed by atoms with Gasteiger partial charge in [0.2, 0.25) is 5.91 Å². The number of nitrogens with one attached hydrogen (secondary N) is 1. The number of carbonyl (C=O) groups excluding carboxylic acids is 1. The van der Waals surface area contributed by atoms with Gasteiger partial charge in [0, 0.05) is 13.1 Å². The molecule has 1 amide bonds. The lowest BCUT2D eigenvalue weighted by Crippen LogP contribution is -2.43. The summed E-state index contributed by atoms with van der Waals surface area (Å²) in [7, 11) is -1.32. The van der Waals surface area contributed by atoms with Gasteiger partial charge in [-0.05, 0) is 24.5 Å². The standard InChI is InChI=1S/C21H26N2O3S/c1-16-8-10-18(11-9-16)21(17-6-4-3-5-7-17)22-14-20(24)23(2)19-12-13-27(25,26)15-19/h3-11,19,21-22H,12-15H2,1-2H3/t19-,21+/m1/s1. The first-order chi connectivity index (χ1) is 12.9. The van der Waals surface area contributed by atoms with E-state index in [0.29, 0.717) is 6.42 Å². The number of hydrogen-bond donors (Lipinski definition) is 1. The Morgan fingerprint density at radius 1 is 1.11 bits per heavy atom. The summed E-state index contributed by atoms with van der Waals surface area (Å²) >= 11 is 0. The molecule has 0 aliphatic carbocycles. The molecule has 1 saturated heterocycles. The molecule has 0 radical (unpaired) electrons. The quantitative estimate of drug-likeness (QED) is 0.827. The second kappa shape index (κ2) is 8.23. The summed E-state index contributed by atoms with van der Waals surface area (Å²) in [5, 5.41) is 3.36. The van der Waals surface area contributed by atoms with E-state index < -0.39 is 9.84 Å². The average Bonchev–Trinajstić information content (AvgIpc) is 3.03. The monoisotopic (exact) mass is 386 g/mol. The molecule has 1 fully saturated rings. The molecule has 2 aromatic carbocycles. The molecule has 6 heteroatoms. The highest BCUT2D eigenvalue weighted by Crippen LogP contribution is 2.22. The van der Waals surface area contributed by atoms with Crippen molar-refractivity contribution in [3.8, 4) is 0 Å². The second-order valence-electron chi connectivity index (χ2n) is 7.20. The largest absolute Gasteiger partial charge is 0.341 e. The van der Waals surface area contributed by atoms with E-state index in [1.165, 1.54) is 5.56 Å². The van der Waals surface area contributed by atoms with Gasteiger partial charge in [-0.15, -0.1) is 0 Å². The Kier molecular flexibility index (Phi) is 5.97. The molecule has 1 aliphatic rings. The van der Waals surface area contributed by atoms with Crippen LogP contribution < -0.4 is 5.32 Å². The first kappa shape index (κ1) is 19.6. The van der Waals surface area contributed by atoms with Crippen molar-refractivity contribution in [2.45, 2.75) is 25.4 Å². The van der Waals surface area contributed by atoms with E-state index in [2.05, 4.69) is 29.6 Å². The molecule has 144 valence electrons. The number of likely N-dealkylation sites (N-methyl/N-ethyl adjacent to an activating group) is 1. The van der Waals surface area contributed by atoms with Gasteiger partial charge in [0.15, 0.2) is 9.84 Å². The molecular weight excluding hydrogens is 360 g/mol. The van der Waals surface area contributed by atoms with Crippen LogP contribution in [0.2, 0.25) is 0 Å². The van der Waals surface area contributed by atoms with Crippen molar-refractivity contribution in [2.75, 3.05) is 25.1 Å². The van der Waals surface area contributed by atoms with E-state index in [1.807, 2.05) is 37.3 Å². The van der Waals surface area contributed by atoms with E-state index in [1.54, 1.807) is 11.9 Å². The molecule has 0 aromatic heterocycles. The lowest BCUT2D eigenvalue weighted by Gasteiger charge is -2.26. The fraction of sp³-hybridized carbons (Fsp3) is 0.381. The fourth-order valence-electron chi connectivity index (χ4n) is 3.43. The van der Waals surface area contributed by atoms with Gasteiger partial charge in [0.25, 0.3) is 0 Å². The maximum Gasteiger partial charge on any atom is 0.236 e. The van der Waals surface area contributed by atoms with Crippen molar-refractivity contribution in [2.24, 2.45) is 0 Å². The van der Waals surface area contributed by atoms with Crippen LogP contribution in [0.3, 0.4) is 0 Å². The maximum absolute atomic E-state index is 12.6. The van der Waals surface area contributed by atoms with Crippen LogP contribution in [0.1, 0.15) is 29.2 Å². The van der Waals surface area contributed by atoms with Gasteiger partial charge in [-0.2, -0.15) is 0 Å². The van der Waals surface area contributed by atoms with E-state index in [-0.39, 0.29) is 36.0 Å². The number of sulfone groups is 1. The summed E-state index contributed by atoms with van der Waals surface area (Å²) in [5.74, 6) is 0.138. The third kappa shape index (κ3) is 4.96. The Morgan fingerprint density at radius 3 is 2.33 bits per heavy atom. The number of hydrogen-bond acceptors (Lipinski definition) is 4. The Balaban J connectivity index is 1.71. The average molecular weight is 387 g/mol. The molecule has 5 nitrogen and oxygen atoms in total. The number of aryl methyl sites for hydroxylation is 1. The predicted molar refractivity (Wildman–Crippen MR) is 107 cm³/mol. The molecule has 1 aliphatic heterocycles. The first-order valence-corrected chi connectivity index (χ1v) is 11.0. The van der Waals surface area contributed by atoms with E-state index in [4.69, 9.17) is 0 Å². The molecule has 2 aromatic rings. The highest BCUT2D eigenvalue weighted by Gasteiger charge is 2.32. The van der Waals surface area contributed by atoms with Gasteiger partial charge in [0.1, 0.15) is 0 Å². The fourth-order valence-corrected chi connectivity index (χ4v) is 5.21. The van der Waals surface area contributed by atoms with Crippen molar-refractivity contribution < 1.29 is 13.2 Å². The second-order valence-corrected chi connectivity index (χ2v) is 9.43. The summed E-state index contributed by atoms with van der Waals surface area (Å²) in [6.45, 7) is 2.20. The van der Waals surface area contributed by atoms with Crippen LogP contribution in [-0.2, 0) is 14.6 Å². The molecule has 0 spiro atoms. The molecular formula is C21H26N2O3S. The van der Waals surface area contributed by atoms with Crippen molar-refractivity contribution in [3.63, 3.8) is 0 Å². The van der Waals surface area contributed by atoms with E-state index in [9.17, 15) is 13.2 Å². The van der Waals surface area contributed by atoms with E-state index >= 15 is 0 Å². The van der Waals surface area contributed by atoms with Gasteiger partial charge in [0.05, 0.1) is 24.1 Å². The van der Waals surface area contributed by atoms with Crippen molar-refractivity contribution in [3.05, 3.63) is 71.3 Å². The van der Waals surface area contributed by atoms with Crippen LogP contribution in [-0.4, -0.2) is 50.4 Å². The normalized spacial score (nSPS) is 19.6. The van der Waals surface area contributed by atoms with Crippen LogP contribution >= 0.6 is 0 Å². The number of benzene rings is 2. The minimum Gasteiger partial charge on any atom is -0.341 e. The maximum atomic E-state index is 12.6. The highest BCUT2D eigenvalue weighted by molar-refractivity contribution is 7.91. The van der Waals surface area contributed by atoms with Gasteiger partial charge >= 0.3 is 0 Å². The minimum atomic E-state index is -3.01. The third-order valence-corrected chi connectivity index (χ3v) is 6.90. The zero-order valence-electron chi connectivity index (χ0n) is 15.8. The zero-order chi connectivity index (χ0) is 19.4. The lowest BCUT2D eigenvalue weighted by atomic mass is 9.98. The first-order valence-electron chi connectivity index (χ1n) is 9.17. The third-order valence-electron chi connectivity index (χ3n) is 5.15. The molecule has 2 atom stereocenters. The topological polar surface area (TPSA) is 66.5 Å². The van der Waals surface area contributed by atoms with Gasteiger partial charge in [-0.25, -0.2) is 8.42 Å². The molecule has 1 heterocycles. The molecule has 27 heavy (non-hydrogen) atoms. The Hall–Kier alpha value is -2.18. The van der Waals surface area contributed by atoms with Crippen LogP contribution in [0.4, 0.5) is 0 Å². The number of amides is 1. The predicted octanol–water partition coefficient (Wildman–Crippen LogP) is 2.32. The molecule has 3 rings (SSSR count). The summed E-state index contributed by atoms with van der Waals surface area (Å²) in [6.07, 6.45) is 0.519. The van der Waals surface area contributed by atoms with Gasteiger partial charge in [-0.1, -0.05) is 60.2 Å². The van der Waals surface area contributed by atoms with Crippen LogP contribution in [0.15, 0.2) is 54.6 Å². The van der Waals surface area contributed by atoms with Crippen molar-refractivity contribution >= 4 is 15.7 Å². The van der Waals surface area contributed by atoms with Crippen LogP contribution in [0.25, 0.3) is 0 Å². The highest BCUT2D eigenvalue weighted by atomic mass is 32.2. The SMILES string of the molecule is Cc1ccc([C@@H](NCC(=O)N(C)[C@@H]2CCS(=O)(=O)C2)c2ccccc2)cc1. The molecule has 0 bridgehead atoms. The smallest absolute Gasteiger partial charge is 0.236 e. The van der Waals surface area contributed by atoms with Gasteiger partial charge in [-0.3, -0.25) is 10.1 Å². The van der Waals surface area contributed by atoms with Crippen molar-refractivity contribution in [1.82, 2.24) is 10.2 Å². The molecule has 0 saturated carbocycles. The summed E-state index contributed by atoms with van der Waals surface area (Å²) in [6, 6.07) is 17.9. The number of nitrogens with zero attached hydrogens (tertiary/aromatic N) is 1. The van der Waals surface area contributed by atoms with Gasteiger partial charge < -0.3 is 4.90 Å². The minimum absolute atomic E-state index is 0.0648. The summed E-state index contributed by atoms with van der Waals surface area (Å²) < 4.78 is 23.4. The summed E-state index contributed by atoms with van der Waals surface area (Å²) in [4.78, 5) is 14.2. The Morgan fingerprint density at radius 2 is 1.74 bits per heavy atom. The molecule has 1 N–H and O–H groups in total. The lowest BCUT2D eigenvalue weighted by molar-refractivity contribution is -0.130. The van der Waals surface area contributed by atoms with E-state index in [0.717, 1.165) is 11.1 Å². The molecule has 0 unspecified atom stereocenters. The zero-order valence-corrected chi connectivity index (χ0v) is 16.6. The summed E-state index contributed by atoms with van der Waals surface area (Å²) in [5.41, 5.74) is 3.36. The van der Waals surface area contributed by atoms with Crippen molar-refractivity contribution in [1.29, 1.82) is 0 Å².